The van der Waals surface area contributed by atoms with Crippen LogP contribution in [0, 0.1) is 0 Å². The van der Waals surface area contributed by atoms with E-state index in [-0.39, 0.29) is 7.43 Å². The van der Waals surface area contributed by atoms with Crippen molar-refractivity contribution in [2.24, 2.45) is 0 Å². The van der Waals surface area contributed by atoms with Gasteiger partial charge in [-0.1, -0.05) is 51.1 Å². The molecule has 1 aliphatic heterocycles. The van der Waals surface area contributed by atoms with Gasteiger partial charge >= 0.3 is 0 Å². The summed E-state index contributed by atoms with van der Waals surface area (Å²) in [6.07, 6.45) is 2.84. The highest BCUT2D eigenvalue weighted by Gasteiger charge is 2.19. The summed E-state index contributed by atoms with van der Waals surface area (Å²) in [6.45, 7) is 6.32. The van der Waals surface area contributed by atoms with Crippen molar-refractivity contribution >= 4 is 0 Å². The molecule has 0 radical (unpaired) electrons. The molecule has 1 fully saturated rings. The maximum absolute atomic E-state index is 5.74. The molecule has 0 bridgehead atoms. The van der Waals surface area contributed by atoms with E-state index in [9.17, 15) is 0 Å². The Kier molecular flexibility index (Phi) is 6.23. The first-order valence-electron chi connectivity index (χ1n) is 6.26. The van der Waals surface area contributed by atoms with E-state index in [1.807, 2.05) is 0 Å². The third-order valence-corrected chi connectivity index (χ3v) is 3.08. The standard InChI is InChI=1S/C14H21NO.CH4/c1-2-6-14-12-15(9-10-16-14)11-13-7-4-3-5-8-13;/h3-5,7-8,14H,2,6,9-12H2,1H3;1H4/t14-;/m1./s1. The van der Waals surface area contributed by atoms with E-state index in [2.05, 4.69) is 42.2 Å². The lowest BCUT2D eigenvalue weighted by atomic mass is 10.1. The highest BCUT2D eigenvalue weighted by atomic mass is 16.5. The van der Waals surface area contributed by atoms with Gasteiger partial charge in [0.1, 0.15) is 0 Å². The number of benzene rings is 1. The molecule has 2 heteroatoms. The monoisotopic (exact) mass is 235 g/mol. The number of rotatable bonds is 4. The topological polar surface area (TPSA) is 12.5 Å². The minimum atomic E-state index is 0. The summed E-state index contributed by atoms with van der Waals surface area (Å²) in [7, 11) is 0. The van der Waals surface area contributed by atoms with Crippen LogP contribution in [-0.4, -0.2) is 30.7 Å². The van der Waals surface area contributed by atoms with E-state index in [0.717, 1.165) is 26.2 Å². The van der Waals surface area contributed by atoms with Gasteiger partial charge in [0.15, 0.2) is 0 Å². The second-order valence-corrected chi connectivity index (χ2v) is 4.50. The molecule has 1 saturated heterocycles. The predicted molar refractivity (Wildman–Crippen MR) is 73.1 cm³/mol. The van der Waals surface area contributed by atoms with Gasteiger partial charge in [0.25, 0.3) is 0 Å². The average Bonchev–Trinajstić information content (AvgIpc) is 2.31. The average molecular weight is 235 g/mol. The lowest BCUT2D eigenvalue weighted by molar-refractivity contribution is -0.0350. The zero-order valence-corrected chi connectivity index (χ0v) is 10.1. The van der Waals surface area contributed by atoms with Gasteiger partial charge in [-0.3, -0.25) is 4.90 Å². The molecule has 1 aromatic rings. The molecule has 0 amide bonds. The summed E-state index contributed by atoms with van der Waals surface area (Å²) in [4.78, 5) is 2.50. The maximum Gasteiger partial charge on any atom is 0.0702 e. The molecule has 1 aliphatic rings. The Bertz CT molecular complexity index is 297. The van der Waals surface area contributed by atoms with E-state index >= 15 is 0 Å². The van der Waals surface area contributed by atoms with Gasteiger partial charge in [0.2, 0.25) is 0 Å². The van der Waals surface area contributed by atoms with Gasteiger partial charge < -0.3 is 4.74 Å². The molecule has 0 spiro atoms. The molecule has 1 aromatic carbocycles. The van der Waals surface area contributed by atoms with Crippen molar-refractivity contribution in [2.75, 3.05) is 19.7 Å². The first-order chi connectivity index (χ1) is 7.88. The molecule has 17 heavy (non-hydrogen) atoms. The predicted octanol–water partition coefficient (Wildman–Crippen LogP) is 3.32. The first kappa shape index (κ1) is 14.2. The Balaban J connectivity index is 0.00000144. The van der Waals surface area contributed by atoms with Crippen molar-refractivity contribution in [2.45, 2.75) is 39.8 Å². The van der Waals surface area contributed by atoms with Crippen LogP contribution in [0.25, 0.3) is 0 Å². The number of hydrogen-bond acceptors (Lipinski definition) is 2. The Morgan fingerprint density at radius 2 is 2.06 bits per heavy atom. The van der Waals surface area contributed by atoms with Crippen LogP contribution in [0.15, 0.2) is 30.3 Å². The molecule has 0 unspecified atom stereocenters. The Morgan fingerprint density at radius 1 is 1.29 bits per heavy atom. The second-order valence-electron chi connectivity index (χ2n) is 4.50. The third-order valence-electron chi connectivity index (χ3n) is 3.08. The summed E-state index contributed by atoms with van der Waals surface area (Å²) in [6, 6.07) is 10.7. The van der Waals surface area contributed by atoms with Crippen molar-refractivity contribution in [1.29, 1.82) is 0 Å². The Labute approximate surface area is 106 Å². The fourth-order valence-electron chi connectivity index (χ4n) is 2.26. The van der Waals surface area contributed by atoms with Crippen LogP contribution in [-0.2, 0) is 11.3 Å². The molecular weight excluding hydrogens is 210 g/mol. The third kappa shape index (κ3) is 4.49. The molecule has 0 N–H and O–H groups in total. The largest absolute Gasteiger partial charge is 0.376 e. The minimum absolute atomic E-state index is 0. The lowest BCUT2D eigenvalue weighted by Crippen LogP contribution is -2.41. The van der Waals surface area contributed by atoms with Crippen molar-refractivity contribution in [3.63, 3.8) is 0 Å². The zero-order valence-electron chi connectivity index (χ0n) is 10.1. The van der Waals surface area contributed by atoms with Gasteiger partial charge in [-0.25, -0.2) is 0 Å². The van der Waals surface area contributed by atoms with Crippen LogP contribution in [0.5, 0.6) is 0 Å². The number of nitrogens with zero attached hydrogens (tertiary/aromatic N) is 1. The van der Waals surface area contributed by atoms with Crippen molar-refractivity contribution in [3.05, 3.63) is 35.9 Å². The van der Waals surface area contributed by atoms with Crippen LogP contribution < -0.4 is 0 Å². The SMILES string of the molecule is C.CCC[C@@H]1CN(Cc2ccccc2)CCO1. The van der Waals surface area contributed by atoms with E-state index in [1.54, 1.807) is 0 Å². The fourth-order valence-corrected chi connectivity index (χ4v) is 2.26. The maximum atomic E-state index is 5.74. The quantitative estimate of drug-likeness (QED) is 0.793. The first-order valence-corrected chi connectivity index (χ1v) is 6.26. The Morgan fingerprint density at radius 3 is 2.76 bits per heavy atom. The Hall–Kier alpha value is -0.860. The molecule has 96 valence electrons. The van der Waals surface area contributed by atoms with Crippen LogP contribution in [0.3, 0.4) is 0 Å². The van der Waals surface area contributed by atoms with Gasteiger partial charge in [0, 0.05) is 19.6 Å². The summed E-state index contributed by atoms with van der Waals surface area (Å²) in [5, 5.41) is 0. The zero-order chi connectivity index (χ0) is 11.2. The normalized spacial score (nSPS) is 20.9. The number of morpholine rings is 1. The summed E-state index contributed by atoms with van der Waals surface area (Å²) in [5.41, 5.74) is 1.40. The van der Waals surface area contributed by atoms with Crippen LogP contribution in [0.2, 0.25) is 0 Å². The highest BCUT2D eigenvalue weighted by Crippen LogP contribution is 2.13. The van der Waals surface area contributed by atoms with Crippen molar-refractivity contribution in [3.8, 4) is 0 Å². The highest BCUT2D eigenvalue weighted by molar-refractivity contribution is 5.14. The molecule has 1 atom stereocenters. The van der Waals surface area contributed by atoms with Gasteiger partial charge in [0.05, 0.1) is 12.7 Å². The summed E-state index contributed by atoms with van der Waals surface area (Å²) >= 11 is 0. The van der Waals surface area contributed by atoms with Crippen molar-refractivity contribution < 1.29 is 4.74 Å². The van der Waals surface area contributed by atoms with E-state index in [0.29, 0.717) is 6.10 Å². The smallest absolute Gasteiger partial charge is 0.0702 e. The molecule has 1 heterocycles. The van der Waals surface area contributed by atoms with Crippen LogP contribution in [0.1, 0.15) is 32.8 Å². The van der Waals surface area contributed by atoms with Crippen LogP contribution >= 0.6 is 0 Å². The van der Waals surface area contributed by atoms with E-state index < -0.39 is 0 Å². The molecule has 2 rings (SSSR count). The van der Waals surface area contributed by atoms with E-state index in [1.165, 1.54) is 18.4 Å². The summed E-state index contributed by atoms with van der Waals surface area (Å²) in [5.74, 6) is 0. The van der Waals surface area contributed by atoms with Gasteiger partial charge in [-0.2, -0.15) is 0 Å². The molecule has 0 aromatic heterocycles. The number of ether oxygens (including phenoxy) is 1. The van der Waals surface area contributed by atoms with E-state index in [4.69, 9.17) is 4.74 Å². The second kappa shape index (κ2) is 7.46. The molecule has 0 aliphatic carbocycles. The fraction of sp³-hybridized carbons (Fsp3) is 0.600. The number of hydrogen-bond donors (Lipinski definition) is 0. The molecule has 0 saturated carbocycles. The van der Waals surface area contributed by atoms with Gasteiger partial charge in [-0.15, -0.1) is 0 Å². The minimum Gasteiger partial charge on any atom is -0.376 e. The van der Waals surface area contributed by atoms with Crippen LogP contribution in [0.4, 0.5) is 0 Å². The summed E-state index contributed by atoms with van der Waals surface area (Å²) < 4.78 is 5.74. The lowest BCUT2D eigenvalue weighted by Gasteiger charge is -2.32. The van der Waals surface area contributed by atoms with Gasteiger partial charge in [-0.05, 0) is 12.0 Å². The molecular formula is C15H25NO. The van der Waals surface area contributed by atoms with Crippen molar-refractivity contribution in [1.82, 2.24) is 4.90 Å². The molecule has 2 nitrogen and oxygen atoms in total.